The van der Waals surface area contributed by atoms with Crippen molar-refractivity contribution in [2.45, 2.75) is 16.0 Å². The van der Waals surface area contributed by atoms with E-state index in [0.717, 1.165) is 0 Å². The molecule has 0 bridgehead atoms. The van der Waals surface area contributed by atoms with Gasteiger partial charge in [0.15, 0.2) is 0 Å². The minimum Gasteiger partial charge on any atom is -0.370 e. The lowest BCUT2D eigenvalue weighted by atomic mass is 10.2. The molecule has 1 aliphatic heterocycles. The quantitative estimate of drug-likeness (QED) is 0.504. The summed E-state index contributed by atoms with van der Waals surface area (Å²) in [5.41, 5.74) is -1.87. The van der Waals surface area contributed by atoms with Gasteiger partial charge in [0.25, 0.3) is 0 Å². The average molecular weight is 488 g/mol. The van der Waals surface area contributed by atoms with Crippen LogP contribution in [0.3, 0.4) is 0 Å². The average Bonchev–Trinajstić information content (AvgIpc) is 2.42. The Kier molecular flexibility index (Phi) is 9.72. The Bertz CT molecular complexity index is 942. The highest BCUT2D eigenvalue weighted by atomic mass is 32.2. The summed E-state index contributed by atoms with van der Waals surface area (Å²) in [5.74, 6) is 0. The summed E-state index contributed by atoms with van der Waals surface area (Å²) < 4.78 is 105. The summed E-state index contributed by atoms with van der Waals surface area (Å²) in [4.78, 5) is -1.90. The third-order valence-electron chi connectivity index (χ3n) is 2.52. The van der Waals surface area contributed by atoms with E-state index in [9.17, 15) is 38.4 Å². The summed E-state index contributed by atoms with van der Waals surface area (Å²) in [6.07, 6.45) is 1.56. The fourth-order valence-corrected chi connectivity index (χ4v) is 3.63. The highest BCUT2D eigenvalue weighted by molar-refractivity contribution is 7.90. The van der Waals surface area contributed by atoms with Crippen molar-refractivity contribution in [3.05, 3.63) is 17.7 Å². The van der Waals surface area contributed by atoms with E-state index >= 15 is 0 Å². The zero-order chi connectivity index (χ0) is 22.5. The van der Waals surface area contributed by atoms with Gasteiger partial charge in [0.2, 0.25) is 20.0 Å². The molecule has 4 N–H and O–H groups in total. The lowest BCUT2D eigenvalue weighted by molar-refractivity contribution is -0.139. The number of anilines is 1. The van der Waals surface area contributed by atoms with E-state index in [0.29, 0.717) is 12.1 Å². The van der Waals surface area contributed by atoms with Gasteiger partial charge in [-0.25, -0.2) is 22.0 Å². The van der Waals surface area contributed by atoms with Crippen LogP contribution in [0.1, 0.15) is 5.56 Å². The minimum absolute atomic E-state index is 0.304. The first-order valence-electron chi connectivity index (χ1n) is 6.91. The van der Waals surface area contributed by atoms with Gasteiger partial charge in [-0.05, 0) is 12.1 Å². The van der Waals surface area contributed by atoms with Gasteiger partial charge in [-0.3, -0.25) is 8.42 Å². The van der Waals surface area contributed by atoms with Crippen molar-refractivity contribution in [3.63, 3.8) is 0 Å². The smallest absolute Gasteiger partial charge is 0.370 e. The van der Waals surface area contributed by atoms with E-state index in [-0.39, 0.29) is 12.4 Å². The van der Waals surface area contributed by atoms with Crippen molar-refractivity contribution in [1.82, 2.24) is 4.72 Å². The molecule has 164 valence electrons. The molecule has 0 unspecified atom stereocenters. The van der Waals surface area contributed by atoms with E-state index < -0.39 is 63.2 Å². The number of primary sulfonamides is 1. The Labute approximate surface area is 166 Å². The van der Waals surface area contributed by atoms with Crippen molar-refractivity contribution in [3.8, 4) is 0 Å². The van der Waals surface area contributed by atoms with E-state index in [2.05, 4.69) is 5.32 Å². The normalized spacial score (nSPS) is 15.5. The molecule has 0 aliphatic carbocycles. The monoisotopic (exact) mass is 487 g/mol. The molecule has 0 saturated carbocycles. The first kappa shape index (κ1) is 26.9. The van der Waals surface area contributed by atoms with Crippen LogP contribution in [0, 0.1) is 0 Å². The second kappa shape index (κ2) is 10.1. The van der Waals surface area contributed by atoms with Crippen LogP contribution in [0.2, 0.25) is 0 Å². The van der Waals surface area contributed by atoms with Crippen molar-refractivity contribution in [2.24, 2.45) is 5.14 Å². The molecule has 0 saturated heterocycles. The molecule has 0 spiro atoms. The van der Waals surface area contributed by atoms with Crippen molar-refractivity contribution < 1.29 is 38.4 Å². The highest BCUT2D eigenvalue weighted by Crippen LogP contribution is 2.38. The number of alkyl halides is 3. The van der Waals surface area contributed by atoms with Crippen molar-refractivity contribution >= 4 is 47.3 Å². The molecule has 0 amide bonds. The fourth-order valence-electron chi connectivity index (χ4n) is 1.68. The summed E-state index contributed by atoms with van der Waals surface area (Å²) in [6, 6.07) is 0.801. The number of hydrogen-bond donors (Lipinski definition) is 3. The van der Waals surface area contributed by atoms with E-state index in [1.165, 1.54) is 0 Å². The van der Waals surface area contributed by atoms with Crippen LogP contribution in [0.25, 0.3) is 0 Å². The summed E-state index contributed by atoms with van der Waals surface area (Å²) in [7, 11) is -10.0. The number of nitrogens with two attached hydrogens (primary N) is 1. The summed E-state index contributed by atoms with van der Waals surface area (Å²) in [5, 5.41) is 7.10. The summed E-state index contributed by atoms with van der Waals surface area (Å²) >= 11 is 0. The Morgan fingerprint density at radius 3 is 1.86 bits per heavy atom. The maximum Gasteiger partial charge on any atom is 0.417 e. The maximum atomic E-state index is 12.8. The number of nitrogens with one attached hydrogen (secondary N) is 2. The van der Waals surface area contributed by atoms with Gasteiger partial charge < -0.3 is 5.32 Å². The van der Waals surface area contributed by atoms with E-state index in [1.807, 2.05) is 4.72 Å². The predicted octanol–water partition coefficient (Wildman–Crippen LogP) is 0.00350. The number of halogens is 3. The molecule has 0 aromatic heterocycles. The van der Waals surface area contributed by atoms with Gasteiger partial charge >= 0.3 is 6.18 Å². The van der Waals surface area contributed by atoms with Gasteiger partial charge in [-0.15, -0.1) is 0 Å². The zero-order valence-electron chi connectivity index (χ0n) is 15.2. The van der Waals surface area contributed by atoms with Crippen LogP contribution in [0.5, 0.6) is 0 Å². The molecule has 1 heterocycles. The van der Waals surface area contributed by atoms with Gasteiger partial charge in [-0.2, -0.15) is 17.9 Å². The molecule has 2 rings (SSSR count). The Balaban J connectivity index is 0.000000776. The Morgan fingerprint density at radius 2 is 1.50 bits per heavy atom. The minimum atomic E-state index is -4.99. The standard InChI is InChI=1S/C8H8F3N3O4S2.2C2H6OS/c9-8(10,11)4-1-5-7(2-6(4)19(12,15)16)20(17,18)14-3-13-5;2*1-4(2)3/h1-2,13-14H,3H2,(H2,12,15,16);2*1-2H3. The number of fused-ring (bicyclic) bond motifs is 1. The molecular weight excluding hydrogens is 467 g/mol. The van der Waals surface area contributed by atoms with Crippen LogP contribution >= 0.6 is 0 Å². The molecule has 16 heteroatoms. The lowest BCUT2D eigenvalue weighted by Crippen LogP contribution is -2.35. The van der Waals surface area contributed by atoms with Gasteiger partial charge in [0, 0.05) is 46.6 Å². The van der Waals surface area contributed by atoms with Crippen LogP contribution in [-0.2, 0) is 47.8 Å². The molecular formula is C12H20F3N3O6S4. The lowest BCUT2D eigenvalue weighted by Gasteiger charge is -2.22. The first-order chi connectivity index (χ1) is 12.4. The Morgan fingerprint density at radius 1 is 1.07 bits per heavy atom. The van der Waals surface area contributed by atoms with Crippen LogP contribution in [-0.4, -0.2) is 56.9 Å². The zero-order valence-corrected chi connectivity index (χ0v) is 18.4. The molecule has 1 aromatic carbocycles. The Hall–Kier alpha value is -1.07. The van der Waals surface area contributed by atoms with E-state index in [1.54, 1.807) is 25.0 Å². The second-order valence-electron chi connectivity index (χ2n) is 5.37. The van der Waals surface area contributed by atoms with Crippen molar-refractivity contribution in [2.75, 3.05) is 37.0 Å². The van der Waals surface area contributed by atoms with Gasteiger partial charge in [0.05, 0.1) is 22.8 Å². The maximum absolute atomic E-state index is 12.8. The third kappa shape index (κ3) is 8.95. The molecule has 1 aromatic rings. The highest BCUT2D eigenvalue weighted by Gasteiger charge is 2.39. The van der Waals surface area contributed by atoms with Crippen molar-refractivity contribution in [1.29, 1.82) is 0 Å². The molecule has 0 radical (unpaired) electrons. The summed E-state index contributed by atoms with van der Waals surface area (Å²) in [6.45, 7) is -0.304. The number of benzene rings is 1. The molecule has 28 heavy (non-hydrogen) atoms. The predicted molar refractivity (Wildman–Crippen MR) is 102 cm³/mol. The number of sulfonamides is 2. The van der Waals surface area contributed by atoms with Crippen LogP contribution in [0.4, 0.5) is 18.9 Å². The molecule has 1 aliphatic rings. The molecule has 0 atom stereocenters. The van der Waals surface area contributed by atoms with Gasteiger partial charge in [0.1, 0.15) is 4.90 Å². The molecule has 0 fully saturated rings. The molecule has 9 nitrogen and oxygen atoms in total. The van der Waals surface area contributed by atoms with E-state index in [4.69, 9.17) is 5.14 Å². The third-order valence-corrected chi connectivity index (χ3v) is 4.92. The van der Waals surface area contributed by atoms with Crippen LogP contribution in [0.15, 0.2) is 21.9 Å². The SMILES string of the molecule is CS(C)=O.CS(C)=O.NS(=O)(=O)c1cc2c(cc1C(F)(F)F)NCNS2(=O)=O. The first-order valence-corrected chi connectivity index (χ1v) is 13.9. The number of rotatable bonds is 1. The second-order valence-corrected chi connectivity index (χ2v) is 11.6. The largest absolute Gasteiger partial charge is 0.417 e. The fraction of sp³-hybridized carbons (Fsp3) is 0.500. The van der Waals surface area contributed by atoms with Gasteiger partial charge in [-0.1, -0.05) is 0 Å². The topological polar surface area (TPSA) is 152 Å². The van der Waals surface area contributed by atoms with Crippen LogP contribution < -0.4 is 15.2 Å². The number of hydrogen-bond acceptors (Lipinski definition) is 7.